The van der Waals surface area contributed by atoms with Gasteiger partial charge in [-0.05, 0) is 30.3 Å². The van der Waals surface area contributed by atoms with E-state index in [0.29, 0.717) is 0 Å². The second-order valence-corrected chi connectivity index (χ2v) is 5.64. The molecule has 3 aromatic rings. The molecule has 77 valence electrons. The first-order valence-corrected chi connectivity index (χ1v) is 6.55. The molecule has 0 amide bonds. The number of fused-ring (bicyclic) bond motifs is 1. The van der Waals surface area contributed by atoms with E-state index in [9.17, 15) is 0 Å². The van der Waals surface area contributed by atoms with Crippen LogP contribution in [-0.4, -0.2) is 4.98 Å². The molecule has 0 bridgehead atoms. The predicted molar refractivity (Wildman–Crippen MR) is 69.0 cm³/mol. The van der Waals surface area contributed by atoms with Crippen molar-refractivity contribution < 1.29 is 0 Å². The first-order chi connectivity index (χ1) is 7.92. The molecule has 0 saturated heterocycles. The highest BCUT2D eigenvalue weighted by molar-refractivity contribution is 8.01. The van der Waals surface area contributed by atoms with E-state index in [1.165, 1.54) is 9.60 Å². The number of hydrogen-bond donors (Lipinski definition) is 0. The molecular formula is C13H8NS2. The minimum atomic E-state index is 1.08. The third-order valence-corrected chi connectivity index (χ3v) is 4.27. The van der Waals surface area contributed by atoms with Crippen molar-refractivity contribution >= 4 is 33.3 Å². The first-order valence-electron chi connectivity index (χ1n) is 4.91. The Balaban J connectivity index is 1.95. The van der Waals surface area contributed by atoms with Crippen molar-refractivity contribution in [3.8, 4) is 0 Å². The van der Waals surface area contributed by atoms with E-state index in [2.05, 4.69) is 35.3 Å². The highest BCUT2D eigenvalue weighted by atomic mass is 32.2. The average Bonchev–Trinajstić information content (AvgIpc) is 2.72. The molecule has 3 heteroatoms. The minimum Gasteiger partial charge on any atom is -0.229 e. The Labute approximate surface area is 102 Å². The largest absolute Gasteiger partial charge is 0.229 e. The maximum Gasteiger partial charge on any atom is 0.155 e. The van der Waals surface area contributed by atoms with Crippen LogP contribution in [0.5, 0.6) is 0 Å². The molecule has 0 spiro atoms. The van der Waals surface area contributed by atoms with Gasteiger partial charge < -0.3 is 0 Å². The van der Waals surface area contributed by atoms with Crippen LogP contribution in [0.1, 0.15) is 0 Å². The highest BCUT2D eigenvalue weighted by Gasteiger charge is 2.04. The topological polar surface area (TPSA) is 12.9 Å². The third-order valence-electron chi connectivity index (χ3n) is 2.17. The van der Waals surface area contributed by atoms with Crippen LogP contribution in [-0.2, 0) is 0 Å². The first kappa shape index (κ1) is 9.87. The second-order valence-electron chi connectivity index (χ2n) is 3.29. The van der Waals surface area contributed by atoms with Crippen LogP contribution >= 0.6 is 23.1 Å². The van der Waals surface area contributed by atoms with E-state index in [-0.39, 0.29) is 0 Å². The van der Waals surface area contributed by atoms with Crippen molar-refractivity contribution in [2.45, 2.75) is 9.24 Å². The molecule has 3 rings (SSSR count). The van der Waals surface area contributed by atoms with E-state index < -0.39 is 0 Å². The molecule has 0 aliphatic heterocycles. The Kier molecular flexibility index (Phi) is 2.64. The number of hydrogen-bond acceptors (Lipinski definition) is 3. The van der Waals surface area contributed by atoms with Gasteiger partial charge in [0, 0.05) is 4.90 Å². The van der Waals surface area contributed by atoms with Crippen molar-refractivity contribution in [3.63, 3.8) is 0 Å². The van der Waals surface area contributed by atoms with Crippen LogP contribution in [0.4, 0.5) is 0 Å². The van der Waals surface area contributed by atoms with E-state index in [1.807, 2.05) is 24.3 Å². The Morgan fingerprint density at radius 1 is 1.06 bits per heavy atom. The van der Waals surface area contributed by atoms with Gasteiger partial charge in [-0.1, -0.05) is 36.0 Å². The van der Waals surface area contributed by atoms with E-state index >= 15 is 0 Å². The van der Waals surface area contributed by atoms with Gasteiger partial charge in [0.25, 0.3) is 0 Å². The molecule has 0 saturated carbocycles. The van der Waals surface area contributed by atoms with Gasteiger partial charge in [-0.2, -0.15) is 0 Å². The van der Waals surface area contributed by atoms with Gasteiger partial charge in [0.1, 0.15) is 0 Å². The van der Waals surface area contributed by atoms with Crippen LogP contribution < -0.4 is 0 Å². The second kappa shape index (κ2) is 4.28. The number of benzene rings is 2. The molecule has 1 heterocycles. The molecule has 0 N–H and O–H groups in total. The number of para-hydroxylation sites is 1. The summed E-state index contributed by atoms with van der Waals surface area (Å²) in [5, 5.41) is 0. The van der Waals surface area contributed by atoms with Gasteiger partial charge in [-0.3, -0.25) is 0 Å². The van der Waals surface area contributed by atoms with Crippen molar-refractivity contribution in [3.05, 3.63) is 54.6 Å². The minimum absolute atomic E-state index is 1.08. The quantitative estimate of drug-likeness (QED) is 0.666. The molecular weight excluding hydrogens is 234 g/mol. The molecule has 1 nitrogen and oxygen atoms in total. The molecule has 16 heavy (non-hydrogen) atoms. The molecule has 0 unspecified atom stereocenters. The summed E-state index contributed by atoms with van der Waals surface area (Å²) in [7, 11) is 0. The van der Waals surface area contributed by atoms with Crippen LogP contribution in [0.15, 0.2) is 57.8 Å². The lowest BCUT2D eigenvalue weighted by Crippen LogP contribution is -1.70. The predicted octanol–water partition coefficient (Wildman–Crippen LogP) is 4.25. The zero-order valence-corrected chi connectivity index (χ0v) is 10.0. The van der Waals surface area contributed by atoms with E-state index in [1.54, 1.807) is 23.1 Å². The molecule has 2 aromatic carbocycles. The lowest BCUT2D eigenvalue weighted by atomic mass is 10.3. The summed E-state index contributed by atoms with van der Waals surface area (Å²) in [5.74, 6) is 0. The smallest absolute Gasteiger partial charge is 0.155 e. The summed E-state index contributed by atoms with van der Waals surface area (Å²) in [5.41, 5.74) is 1.08. The Morgan fingerprint density at radius 2 is 1.88 bits per heavy atom. The number of nitrogens with zero attached hydrogens (tertiary/aromatic N) is 1. The van der Waals surface area contributed by atoms with Gasteiger partial charge in [0.15, 0.2) is 4.34 Å². The molecule has 0 aliphatic carbocycles. The lowest BCUT2D eigenvalue weighted by Gasteiger charge is -1.94. The van der Waals surface area contributed by atoms with Gasteiger partial charge in [0.2, 0.25) is 0 Å². The lowest BCUT2D eigenvalue weighted by molar-refractivity contribution is 1.29. The van der Waals surface area contributed by atoms with Crippen molar-refractivity contribution in [1.82, 2.24) is 4.98 Å². The normalized spacial score (nSPS) is 10.8. The Bertz CT molecular complexity index is 568. The average molecular weight is 242 g/mol. The summed E-state index contributed by atoms with van der Waals surface area (Å²) < 4.78 is 2.33. The molecule has 0 aliphatic rings. The van der Waals surface area contributed by atoms with Crippen molar-refractivity contribution in [1.29, 1.82) is 0 Å². The van der Waals surface area contributed by atoms with Crippen LogP contribution in [0.3, 0.4) is 0 Å². The fourth-order valence-corrected chi connectivity index (χ4v) is 3.47. The summed E-state index contributed by atoms with van der Waals surface area (Å²) >= 11 is 3.43. The highest BCUT2D eigenvalue weighted by Crippen LogP contribution is 2.33. The van der Waals surface area contributed by atoms with Gasteiger partial charge >= 0.3 is 0 Å². The maximum absolute atomic E-state index is 4.58. The standard InChI is InChI=1S/C13H8NS2/c1-2-6-10(7-3-1)15-13-14-11-8-4-5-9-12(11)16-13/h2-9H. The summed E-state index contributed by atoms with van der Waals surface area (Å²) in [6.45, 7) is 0. The maximum atomic E-state index is 4.58. The number of thiazole rings is 1. The summed E-state index contributed by atoms with van der Waals surface area (Å²) in [6.07, 6.45) is 0. The third kappa shape index (κ3) is 1.96. The van der Waals surface area contributed by atoms with E-state index in [0.717, 1.165) is 9.86 Å². The van der Waals surface area contributed by atoms with Crippen LogP contribution in [0.25, 0.3) is 10.2 Å². The van der Waals surface area contributed by atoms with Gasteiger partial charge in [0.05, 0.1) is 10.2 Å². The molecule has 1 aromatic heterocycles. The van der Waals surface area contributed by atoms with Gasteiger partial charge in [-0.25, -0.2) is 4.98 Å². The Hall–Kier alpha value is -1.32. The fourth-order valence-electron chi connectivity index (χ4n) is 1.44. The number of rotatable bonds is 2. The molecule has 0 atom stereocenters. The van der Waals surface area contributed by atoms with Crippen LogP contribution in [0, 0.1) is 6.07 Å². The van der Waals surface area contributed by atoms with E-state index in [4.69, 9.17) is 0 Å². The summed E-state index contributed by atoms with van der Waals surface area (Å²) in [6, 6.07) is 19.2. The van der Waals surface area contributed by atoms with Crippen LogP contribution in [0.2, 0.25) is 0 Å². The SMILES string of the molecule is [c]1ccc(Sc2nc3ccccc3s2)cc1. The molecule has 0 fully saturated rings. The monoisotopic (exact) mass is 242 g/mol. The zero-order chi connectivity index (χ0) is 10.8. The Morgan fingerprint density at radius 3 is 2.69 bits per heavy atom. The molecule has 1 radical (unpaired) electrons. The fraction of sp³-hybridized carbons (Fsp3) is 0. The van der Waals surface area contributed by atoms with Crippen molar-refractivity contribution in [2.24, 2.45) is 0 Å². The summed E-state index contributed by atoms with van der Waals surface area (Å²) in [4.78, 5) is 5.79. The van der Waals surface area contributed by atoms with Gasteiger partial charge in [-0.15, -0.1) is 11.3 Å². The number of aromatic nitrogens is 1. The van der Waals surface area contributed by atoms with Crippen molar-refractivity contribution in [2.75, 3.05) is 0 Å². The zero-order valence-electron chi connectivity index (χ0n) is 8.38.